The number of carbonyl (C=O) groups is 1. The quantitative estimate of drug-likeness (QED) is 0.643. The number of benzene rings is 2. The average Bonchev–Trinajstić information content (AvgIpc) is 3.39. The molecule has 0 unspecified atom stereocenters. The van der Waals surface area contributed by atoms with E-state index in [1.54, 1.807) is 24.1 Å². The molecule has 1 fully saturated rings. The summed E-state index contributed by atoms with van der Waals surface area (Å²) in [5.41, 5.74) is 3.35. The van der Waals surface area contributed by atoms with Gasteiger partial charge >= 0.3 is 6.09 Å². The minimum atomic E-state index is -0.303. The standard InChI is InChI=1S/C23H23N3O3/c1-3-26-21-14-18(28-2)10-11-19(21)20(15-24)22(26)16-6-8-17(9-7-16)29-23(27)25-12-4-5-13-25/h6-11,14H,3-5,12-13H2,1-2H3. The highest BCUT2D eigenvalue weighted by Gasteiger charge is 2.21. The first kappa shape index (κ1) is 18.9. The number of carbonyl (C=O) groups excluding carboxylic acids is 1. The van der Waals surface area contributed by atoms with Crippen LogP contribution in [0.15, 0.2) is 42.5 Å². The van der Waals surface area contributed by atoms with Gasteiger partial charge in [0.05, 0.1) is 23.9 Å². The normalized spacial score (nSPS) is 13.5. The lowest BCUT2D eigenvalue weighted by molar-refractivity contribution is 0.163. The number of hydrogen-bond donors (Lipinski definition) is 0. The van der Waals surface area contributed by atoms with Crippen LogP contribution >= 0.6 is 0 Å². The number of ether oxygens (including phenoxy) is 2. The molecular formula is C23H23N3O3. The molecule has 148 valence electrons. The molecule has 0 radical (unpaired) electrons. The maximum absolute atomic E-state index is 12.2. The zero-order valence-electron chi connectivity index (χ0n) is 16.6. The van der Waals surface area contributed by atoms with Crippen molar-refractivity contribution in [2.24, 2.45) is 0 Å². The number of rotatable bonds is 4. The third-order valence-corrected chi connectivity index (χ3v) is 5.40. The number of nitriles is 1. The van der Waals surface area contributed by atoms with Gasteiger partial charge in [-0.25, -0.2) is 4.79 Å². The molecule has 1 amide bonds. The first-order valence-electron chi connectivity index (χ1n) is 9.83. The molecule has 3 aromatic rings. The molecule has 0 atom stereocenters. The smallest absolute Gasteiger partial charge is 0.415 e. The van der Waals surface area contributed by atoms with Crippen molar-refractivity contribution in [3.8, 4) is 28.8 Å². The van der Waals surface area contributed by atoms with E-state index in [0.717, 1.165) is 53.8 Å². The maximum atomic E-state index is 12.2. The van der Waals surface area contributed by atoms with Crippen LogP contribution in [0.1, 0.15) is 25.3 Å². The van der Waals surface area contributed by atoms with Gasteiger partial charge in [0.15, 0.2) is 0 Å². The lowest BCUT2D eigenvalue weighted by Gasteiger charge is -2.15. The summed E-state index contributed by atoms with van der Waals surface area (Å²) < 4.78 is 13.0. The highest BCUT2D eigenvalue weighted by Crippen LogP contribution is 2.35. The number of amides is 1. The van der Waals surface area contributed by atoms with E-state index in [0.29, 0.717) is 17.9 Å². The van der Waals surface area contributed by atoms with Gasteiger partial charge in [-0.2, -0.15) is 5.26 Å². The van der Waals surface area contributed by atoms with Crippen molar-refractivity contribution in [3.63, 3.8) is 0 Å². The fourth-order valence-electron chi connectivity index (χ4n) is 3.94. The molecule has 0 aliphatic carbocycles. The van der Waals surface area contributed by atoms with Crippen LogP contribution in [0.25, 0.3) is 22.2 Å². The Labute approximate surface area is 169 Å². The monoisotopic (exact) mass is 389 g/mol. The Morgan fingerprint density at radius 2 is 1.79 bits per heavy atom. The number of hydrogen-bond acceptors (Lipinski definition) is 4. The molecule has 1 aromatic heterocycles. The molecule has 6 heteroatoms. The van der Waals surface area contributed by atoms with Crippen LogP contribution in [0.2, 0.25) is 0 Å². The van der Waals surface area contributed by atoms with Crippen molar-refractivity contribution < 1.29 is 14.3 Å². The van der Waals surface area contributed by atoms with E-state index in [1.807, 2.05) is 30.3 Å². The Balaban J connectivity index is 1.70. The lowest BCUT2D eigenvalue weighted by atomic mass is 10.1. The fourth-order valence-corrected chi connectivity index (χ4v) is 3.94. The SMILES string of the molecule is CCn1c(-c2ccc(OC(=O)N3CCCC3)cc2)c(C#N)c2ccc(OC)cc21. The fraction of sp³-hybridized carbons (Fsp3) is 0.304. The topological polar surface area (TPSA) is 67.5 Å². The molecule has 2 aromatic carbocycles. The highest BCUT2D eigenvalue weighted by atomic mass is 16.6. The molecule has 0 N–H and O–H groups in total. The highest BCUT2D eigenvalue weighted by molar-refractivity contribution is 5.95. The first-order chi connectivity index (χ1) is 14.2. The number of likely N-dealkylation sites (tertiary alicyclic amines) is 1. The van der Waals surface area contributed by atoms with Crippen LogP contribution in [0.3, 0.4) is 0 Å². The Morgan fingerprint density at radius 1 is 1.10 bits per heavy atom. The summed E-state index contributed by atoms with van der Waals surface area (Å²) in [6.07, 6.45) is 1.75. The van der Waals surface area contributed by atoms with E-state index in [1.165, 1.54) is 0 Å². The van der Waals surface area contributed by atoms with E-state index >= 15 is 0 Å². The average molecular weight is 389 g/mol. The largest absolute Gasteiger partial charge is 0.497 e. The second-order valence-electron chi connectivity index (χ2n) is 7.05. The van der Waals surface area contributed by atoms with E-state index in [2.05, 4.69) is 17.6 Å². The molecule has 1 aliphatic rings. The maximum Gasteiger partial charge on any atom is 0.415 e. The van der Waals surface area contributed by atoms with Crippen molar-refractivity contribution in [2.45, 2.75) is 26.3 Å². The summed E-state index contributed by atoms with van der Waals surface area (Å²) in [6.45, 7) is 4.27. The summed E-state index contributed by atoms with van der Waals surface area (Å²) in [4.78, 5) is 13.9. The lowest BCUT2D eigenvalue weighted by Crippen LogP contribution is -2.30. The van der Waals surface area contributed by atoms with Gasteiger partial charge in [-0.05, 0) is 61.7 Å². The summed E-state index contributed by atoms with van der Waals surface area (Å²) in [7, 11) is 1.63. The van der Waals surface area contributed by atoms with Crippen LogP contribution in [0, 0.1) is 11.3 Å². The second-order valence-corrected chi connectivity index (χ2v) is 7.05. The van der Waals surface area contributed by atoms with Crippen LogP contribution in [-0.2, 0) is 6.54 Å². The molecule has 1 saturated heterocycles. The van der Waals surface area contributed by atoms with Crippen LogP contribution in [0.5, 0.6) is 11.5 Å². The summed E-state index contributed by atoms with van der Waals surface area (Å²) in [6, 6.07) is 15.5. The van der Waals surface area contributed by atoms with Crippen molar-refractivity contribution in [2.75, 3.05) is 20.2 Å². The van der Waals surface area contributed by atoms with E-state index in [4.69, 9.17) is 9.47 Å². The van der Waals surface area contributed by atoms with Gasteiger partial charge in [-0.1, -0.05) is 0 Å². The van der Waals surface area contributed by atoms with E-state index in [-0.39, 0.29) is 6.09 Å². The molecule has 29 heavy (non-hydrogen) atoms. The molecule has 2 heterocycles. The predicted molar refractivity (Wildman–Crippen MR) is 111 cm³/mol. The van der Waals surface area contributed by atoms with Gasteiger partial charge in [-0.3, -0.25) is 0 Å². The number of aromatic nitrogens is 1. The second kappa shape index (κ2) is 7.88. The Bertz CT molecular complexity index is 1090. The zero-order chi connectivity index (χ0) is 20.4. The van der Waals surface area contributed by atoms with Crippen molar-refractivity contribution in [3.05, 3.63) is 48.0 Å². The van der Waals surface area contributed by atoms with Crippen LogP contribution in [0.4, 0.5) is 4.79 Å². The van der Waals surface area contributed by atoms with Gasteiger partial charge < -0.3 is 18.9 Å². The summed E-state index contributed by atoms with van der Waals surface area (Å²) in [5, 5.41) is 10.7. The number of methoxy groups -OCH3 is 1. The minimum Gasteiger partial charge on any atom is -0.497 e. The molecule has 0 bridgehead atoms. The number of fused-ring (bicyclic) bond motifs is 1. The van der Waals surface area contributed by atoms with Crippen LogP contribution in [-0.4, -0.2) is 35.8 Å². The zero-order valence-corrected chi connectivity index (χ0v) is 16.6. The van der Waals surface area contributed by atoms with Gasteiger partial charge in [0.2, 0.25) is 0 Å². The molecule has 0 spiro atoms. The Kier molecular flexibility index (Phi) is 5.13. The van der Waals surface area contributed by atoms with Crippen molar-refractivity contribution in [1.82, 2.24) is 9.47 Å². The van der Waals surface area contributed by atoms with Gasteiger partial charge in [-0.15, -0.1) is 0 Å². The van der Waals surface area contributed by atoms with Gasteiger partial charge in [0.1, 0.15) is 17.6 Å². The van der Waals surface area contributed by atoms with Gasteiger partial charge in [0, 0.05) is 31.1 Å². The first-order valence-corrected chi connectivity index (χ1v) is 9.83. The molecule has 1 aliphatic heterocycles. The number of aryl methyl sites for hydroxylation is 1. The Hall–Kier alpha value is -3.46. The van der Waals surface area contributed by atoms with E-state index < -0.39 is 0 Å². The Morgan fingerprint density at radius 3 is 2.41 bits per heavy atom. The molecular weight excluding hydrogens is 366 g/mol. The molecule has 0 saturated carbocycles. The summed E-state index contributed by atoms with van der Waals surface area (Å²) >= 11 is 0. The molecule has 6 nitrogen and oxygen atoms in total. The van der Waals surface area contributed by atoms with Crippen molar-refractivity contribution in [1.29, 1.82) is 5.26 Å². The van der Waals surface area contributed by atoms with Crippen LogP contribution < -0.4 is 9.47 Å². The van der Waals surface area contributed by atoms with Gasteiger partial charge in [0.25, 0.3) is 0 Å². The predicted octanol–water partition coefficient (Wildman–Crippen LogP) is 4.80. The summed E-state index contributed by atoms with van der Waals surface area (Å²) in [5.74, 6) is 1.26. The minimum absolute atomic E-state index is 0.303. The molecule has 4 rings (SSSR count). The third kappa shape index (κ3) is 3.40. The van der Waals surface area contributed by atoms with E-state index in [9.17, 15) is 10.1 Å². The third-order valence-electron chi connectivity index (χ3n) is 5.40. The van der Waals surface area contributed by atoms with Crippen molar-refractivity contribution >= 4 is 17.0 Å². The number of nitrogens with zero attached hydrogens (tertiary/aromatic N) is 3.